The summed E-state index contributed by atoms with van der Waals surface area (Å²) in [5, 5.41) is 5.65. The molecule has 1 aromatic carbocycles. The van der Waals surface area contributed by atoms with Gasteiger partial charge in [-0.2, -0.15) is 0 Å². The molecule has 0 fully saturated rings. The highest BCUT2D eigenvalue weighted by molar-refractivity contribution is 5.92. The normalized spacial score (nSPS) is 12.9. The van der Waals surface area contributed by atoms with Gasteiger partial charge in [-0.05, 0) is 57.2 Å². The molecule has 0 saturated heterocycles. The van der Waals surface area contributed by atoms with Crippen LogP contribution < -0.4 is 10.6 Å². The lowest BCUT2D eigenvalue weighted by molar-refractivity contribution is -0.141. The average Bonchev–Trinajstić information content (AvgIpc) is 2.74. The number of carbonyl (C=O) groups is 3. The molecule has 0 aromatic heterocycles. The Morgan fingerprint density at radius 3 is 2.24 bits per heavy atom. The van der Waals surface area contributed by atoms with Crippen molar-refractivity contribution >= 4 is 17.9 Å². The smallest absolute Gasteiger partial charge is 0.408 e. The predicted octanol–water partition coefficient (Wildman–Crippen LogP) is 4.41. The van der Waals surface area contributed by atoms with Crippen LogP contribution in [0.2, 0.25) is 0 Å². The predicted molar refractivity (Wildman–Crippen MR) is 135 cm³/mol. The number of ether oxygens (including phenoxy) is 1. The molecule has 2 N–H and O–H groups in total. The first-order valence-electron chi connectivity index (χ1n) is 12.0. The van der Waals surface area contributed by atoms with Crippen LogP contribution in [0.5, 0.6) is 0 Å². The summed E-state index contributed by atoms with van der Waals surface area (Å²) in [6.45, 7) is 11.8. The molecular formula is C27H41N3O4. The number of hydrogen-bond donors (Lipinski definition) is 2. The third-order valence-corrected chi connectivity index (χ3v) is 5.15. The summed E-state index contributed by atoms with van der Waals surface area (Å²) in [5.41, 5.74) is 0.633. The van der Waals surface area contributed by atoms with Crippen molar-refractivity contribution in [2.45, 2.75) is 84.9 Å². The van der Waals surface area contributed by atoms with Crippen molar-refractivity contribution in [3.8, 4) is 12.3 Å². The number of amides is 3. The van der Waals surface area contributed by atoms with Crippen molar-refractivity contribution in [3.63, 3.8) is 0 Å². The molecule has 7 heteroatoms. The molecule has 34 heavy (non-hydrogen) atoms. The lowest BCUT2D eigenvalue weighted by Gasteiger charge is -2.32. The Morgan fingerprint density at radius 2 is 1.74 bits per heavy atom. The molecule has 0 aliphatic heterocycles. The molecule has 0 aliphatic carbocycles. The zero-order valence-corrected chi connectivity index (χ0v) is 21.7. The number of alkyl carbamates (subject to hydrolysis) is 1. The van der Waals surface area contributed by atoms with E-state index in [1.165, 1.54) is 4.90 Å². The van der Waals surface area contributed by atoms with E-state index < -0.39 is 23.8 Å². The molecule has 2 unspecified atom stereocenters. The molecule has 0 aliphatic rings. The third kappa shape index (κ3) is 9.86. The average molecular weight is 472 g/mol. The van der Waals surface area contributed by atoms with E-state index in [9.17, 15) is 14.4 Å². The van der Waals surface area contributed by atoms with E-state index in [1.807, 2.05) is 13.8 Å². The van der Waals surface area contributed by atoms with E-state index in [1.54, 1.807) is 52.1 Å². The second kappa shape index (κ2) is 13.6. The molecule has 1 aromatic rings. The fourth-order valence-corrected chi connectivity index (χ4v) is 3.51. The maximum absolute atomic E-state index is 13.5. The topological polar surface area (TPSA) is 87.7 Å². The number of unbranched alkanes of at least 4 members (excludes halogenated alkanes) is 2. The van der Waals surface area contributed by atoms with E-state index in [-0.39, 0.29) is 17.7 Å². The number of hydrogen-bond acceptors (Lipinski definition) is 4. The maximum atomic E-state index is 13.5. The summed E-state index contributed by atoms with van der Waals surface area (Å²) >= 11 is 0. The van der Waals surface area contributed by atoms with Gasteiger partial charge in [-0.15, -0.1) is 6.42 Å². The molecule has 0 saturated carbocycles. The van der Waals surface area contributed by atoms with Gasteiger partial charge in [0.25, 0.3) is 0 Å². The molecule has 1 rings (SSSR count). The van der Waals surface area contributed by atoms with Crippen LogP contribution in [-0.4, -0.2) is 48.0 Å². The highest BCUT2D eigenvalue weighted by Gasteiger charge is 2.34. The van der Waals surface area contributed by atoms with Gasteiger partial charge in [0.05, 0.1) is 0 Å². The standard InChI is InChI=1S/C27H41N3O4/c1-9-11-12-17-28-24(31)23(21-15-13-20(10-2)14-16-21)30(8)25(32)22(18-19(3)4)29-26(33)34-27(5,6)7/h2,13-16,19,22-23H,9,11-12,17-18H2,1,3-8H3,(H,28,31)(H,29,33). The minimum absolute atomic E-state index is 0.133. The minimum Gasteiger partial charge on any atom is -0.444 e. The van der Waals surface area contributed by atoms with Crippen molar-refractivity contribution in [2.75, 3.05) is 13.6 Å². The number of likely N-dealkylation sites (N-methyl/N-ethyl adjacent to an activating group) is 1. The quantitative estimate of drug-likeness (QED) is 0.370. The molecule has 3 amide bonds. The van der Waals surface area contributed by atoms with Crippen molar-refractivity contribution in [2.24, 2.45) is 5.92 Å². The van der Waals surface area contributed by atoms with Gasteiger partial charge in [-0.3, -0.25) is 9.59 Å². The zero-order valence-electron chi connectivity index (χ0n) is 21.7. The highest BCUT2D eigenvalue weighted by Crippen LogP contribution is 2.23. The molecule has 0 heterocycles. The van der Waals surface area contributed by atoms with Crippen molar-refractivity contribution in [1.82, 2.24) is 15.5 Å². The third-order valence-electron chi connectivity index (χ3n) is 5.15. The largest absolute Gasteiger partial charge is 0.444 e. The van der Waals surface area contributed by atoms with Gasteiger partial charge >= 0.3 is 6.09 Å². The van der Waals surface area contributed by atoms with Crippen LogP contribution in [0.15, 0.2) is 24.3 Å². The van der Waals surface area contributed by atoms with Gasteiger partial charge in [0.15, 0.2) is 0 Å². The highest BCUT2D eigenvalue weighted by atomic mass is 16.6. The van der Waals surface area contributed by atoms with Crippen LogP contribution in [0.1, 0.15) is 84.4 Å². The van der Waals surface area contributed by atoms with Gasteiger partial charge in [0.2, 0.25) is 11.8 Å². The summed E-state index contributed by atoms with van der Waals surface area (Å²) in [4.78, 5) is 40.6. The number of carbonyl (C=O) groups excluding carboxylic acids is 3. The Morgan fingerprint density at radius 1 is 1.12 bits per heavy atom. The molecule has 188 valence electrons. The molecule has 0 spiro atoms. The fourth-order valence-electron chi connectivity index (χ4n) is 3.51. The first kappa shape index (κ1) is 29.0. The number of benzene rings is 1. The lowest BCUT2D eigenvalue weighted by atomic mass is 9.99. The van der Waals surface area contributed by atoms with E-state index in [0.717, 1.165) is 19.3 Å². The first-order valence-corrected chi connectivity index (χ1v) is 12.0. The van der Waals surface area contributed by atoms with Crippen LogP contribution in [0.3, 0.4) is 0 Å². The van der Waals surface area contributed by atoms with Crippen LogP contribution in [-0.2, 0) is 14.3 Å². The zero-order chi connectivity index (χ0) is 25.9. The Bertz CT molecular complexity index is 850. The first-order chi connectivity index (χ1) is 15.9. The van der Waals surface area contributed by atoms with Crippen LogP contribution in [0.4, 0.5) is 4.79 Å². The van der Waals surface area contributed by atoms with E-state index in [4.69, 9.17) is 11.2 Å². The van der Waals surface area contributed by atoms with Gasteiger partial charge in [-0.25, -0.2) is 4.79 Å². The van der Waals surface area contributed by atoms with E-state index in [2.05, 4.69) is 23.5 Å². The van der Waals surface area contributed by atoms with E-state index >= 15 is 0 Å². The number of terminal acetylenes is 1. The summed E-state index contributed by atoms with van der Waals surface area (Å²) < 4.78 is 5.35. The number of rotatable bonds is 11. The molecule has 2 atom stereocenters. The minimum atomic E-state index is -0.865. The molecular weight excluding hydrogens is 430 g/mol. The number of nitrogens with zero attached hydrogens (tertiary/aromatic N) is 1. The van der Waals surface area contributed by atoms with Gasteiger partial charge in [0.1, 0.15) is 17.7 Å². The Balaban J connectivity index is 3.19. The molecule has 0 bridgehead atoms. The fraction of sp³-hybridized carbons (Fsp3) is 0.593. The van der Waals surface area contributed by atoms with Crippen molar-refractivity contribution in [1.29, 1.82) is 0 Å². The Kier molecular flexibility index (Phi) is 11.6. The van der Waals surface area contributed by atoms with Crippen LogP contribution in [0.25, 0.3) is 0 Å². The molecule has 7 nitrogen and oxygen atoms in total. The Labute approximate surface area is 205 Å². The SMILES string of the molecule is C#Cc1ccc(C(C(=O)NCCCCC)N(C)C(=O)C(CC(C)C)NC(=O)OC(C)(C)C)cc1. The van der Waals surface area contributed by atoms with Crippen LogP contribution >= 0.6 is 0 Å². The van der Waals surface area contributed by atoms with Gasteiger partial charge < -0.3 is 20.3 Å². The summed E-state index contributed by atoms with van der Waals surface area (Å²) in [5.74, 6) is 2.05. The molecule has 0 radical (unpaired) electrons. The Hall–Kier alpha value is -3.01. The number of nitrogens with one attached hydrogen (secondary N) is 2. The summed E-state index contributed by atoms with van der Waals surface area (Å²) in [6.07, 6.45) is 8.11. The maximum Gasteiger partial charge on any atom is 0.408 e. The summed E-state index contributed by atoms with van der Waals surface area (Å²) in [6, 6.07) is 5.31. The monoisotopic (exact) mass is 471 g/mol. The van der Waals surface area contributed by atoms with Crippen molar-refractivity contribution < 1.29 is 19.1 Å². The second-order valence-corrected chi connectivity index (χ2v) is 9.94. The summed E-state index contributed by atoms with van der Waals surface area (Å²) in [7, 11) is 1.58. The van der Waals surface area contributed by atoms with Crippen LogP contribution in [0, 0.1) is 18.3 Å². The van der Waals surface area contributed by atoms with Crippen molar-refractivity contribution in [3.05, 3.63) is 35.4 Å². The second-order valence-electron chi connectivity index (χ2n) is 9.94. The lowest BCUT2D eigenvalue weighted by Crippen LogP contribution is -2.52. The van der Waals surface area contributed by atoms with Gasteiger partial charge in [0, 0.05) is 19.2 Å². The van der Waals surface area contributed by atoms with Gasteiger partial charge in [-0.1, -0.05) is 51.7 Å². The van der Waals surface area contributed by atoms with E-state index in [0.29, 0.717) is 24.1 Å².